The van der Waals surface area contributed by atoms with E-state index in [1.807, 2.05) is 0 Å². The molecule has 0 amide bonds. The fraction of sp³-hybridized carbons (Fsp3) is 0.143. The maximum absolute atomic E-state index is 13.3. The fourth-order valence-corrected chi connectivity index (χ4v) is 3.21. The van der Waals surface area contributed by atoms with E-state index in [1.165, 1.54) is 28.4 Å². The molecule has 0 N–H and O–H groups in total. The van der Waals surface area contributed by atoms with E-state index in [0.29, 0.717) is 10.9 Å². The van der Waals surface area contributed by atoms with Gasteiger partial charge >= 0.3 is 6.18 Å². The first-order valence-electron chi connectivity index (χ1n) is 7.36. The molecule has 4 rings (SSSR count). The van der Waals surface area contributed by atoms with Crippen molar-refractivity contribution in [3.8, 4) is 5.69 Å². The van der Waals surface area contributed by atoms with Gasteiger partial charge in [-0.2, -0.15) is 22.8 Å². The summed E-state index contributed by atoms with van der Waals surface area (Å²) < 4.78 is 42.6. The van der Waals surface area contributed by atoms with Gasteiger partial charge in [0.1, 0.15) is 0 Å². The number of rotatable bonds is 4. The fourth-order valence-electron chi connectivity index (χ4n) is 2.31. The predicted octanol–water partition coefficient (Wildman–Crippen LogP) is 3.06. The molecule has 0 aliphatic rings. The first-order chi connectivity index (χ1) is 12.9. The lowest BCUT2D eigenvalue weighted by Gasteiger charge is -2.13. The zero-order valence-electron chi connectivity index (χ0n) is 13.2. The van der Waals surface area contributed by atoms with Crippen molar-refractivity contribution in [1.82, 2.24) is 39.8 Å². The Bertz CT molecular complexity index is 1080. The molecule has 0 fully saturated rings. The molecule has 138 valence electrons. The largest absolute Gasteiger partial charge is 0.418 e. The van der Waals surface area contributed by atoms with Gasteiger partial charge in [0.2, 0.25) is 5.16 Å². The maximum atomic E-state index is 13.3. The van der Waals surface area contributed by atoms with Gasteiger partial charge in [0.15, 0.2) is 5.82 Å². The molecule has 0 saturated carbocycles. The third-order valence-electron chi connectivity index (χ3n) is 3.45. The minimum atomic E-state index is -4.61. The molecule has 0 radical (unpaired) electrons. The van der Waals surface area contributed by atoms with Crippen LogP contribution < -0.4 is 0 Å². The number of tetrazole rings is 1. The van der Waals surface area contributed by atoms with E-state index in [2.05, 4.69) is 30.6 Å². The van der Waals surface area contributed by atoms with Crippen LogP contribution >= 0.6 is 23.4 Å². The van der Waals surface area contributed by atoms with E-state index in [9.17, 15) is 13.2 Å². The average Bonchev–Trinajstić information content (AvgIpc) is 3.25. The van der Waals surface area contributed by atoms with Crippen LogP contribution in [0.15, 0.2) is 41.8 Å². The Hall–Kier alpha value is -2.73. The molecule has 3 heterocycles. The number of benzene rings is 1. The first kappa shape index (κ1) is 17.7. The summed E-state index contributed by atoms with van der Waals surface area (Å²) in [6, 6.07) is 5.11. The van der Waals surface area contributed by atoms with Crippen LogP contribution in [-0.2, 0) is 11.9 Å². The summed E-state index contributed by atoms with van der Waals surface area (Å²) in [5, 5.41) is 15.6. The lowest BCUT2D eigenvalue weighted by molar-refractivity contribution is -0.137. The Kier molecular flexibility index (Phi) is 4.44. The van der Waals surface area contributed by atoms with E-state index in [-0.39, 0.29) is 22.3 Å². The molecule has 0 bridgehead atoms. The van der Waals surface area contributed by atoms with E-state index in [0.717, 1.165) is 10.7 Å². The van der Waals surface area contributed by atoms with Crippen LogP contribution in [0, 0.1) is 0 Å². The second-order valence-electron chi connectivity index (χ2n) is 5.21. The smallest absolute Gasteiger partial charge is 0.220 e. The Morgan fingerprint density at radius 2 is 2.07 bits per heavy atom. The van der Waals surface area contributed by atoms with Gasteiger partial charge in [0, 0.05) is 17.4 Å². The van der Waals surface area contributed by atoms with Crippen molar-refractivity contribution in [3.63, 3.8) is 0 Å². The summed E-state index contributed by atoms with van der Waals surface area (Å²) >= 11 is 6.89. The Balaban J connectivity index is 1.64. The van der Waals surface area contributed by atoms with Gasteiger partial charge < -0.3 is 0 Å². The predicted molar refractivity (Wildman–Crippen MR) is 89.5 cm³/mol. The normalized spacial score (nSPS) is 12.0. The number of hydrogen-bond donors (Lipinski definition) is 0. The van der Waals surface area contributed by atoms with E-state index in [4.69, 9.17) is 11.6 Å². The summed E-state index contributed by atoms with van der Waals surface area (Å²) in [5.41, 5.74) is -1.14. The van der Waals surface area contributed by atoms with Crippen molar-refractivity contribution < 1.29 is 13.2 Å². The number of alkyl halides is 3. The molecule has 0 aliphatic carbocycles. The van der Waals surface area contributed by atoms with Crippen molar-refractivity contribution in [2.45, 2.75) is 17.1 Å². The molecule has 0 spiro atoms. The standard InChI is InChI=1S/C14H8ClF3N8S/c15-8-2-3-10(9(6-8)14(16,17)18)26-11(21-23-24-26)7-27-13-20-12-19-4-1-5-25(12)22-13/h1-6H,7H2. The minimum Gasteiger partial charge on any atom is -0.220 e. The number of nitrogens with zero attached hydrogens (tertiary/aromatic N) is 8. The lowest BCUT2D eigenvalue weighted by Crippen LogP contribution is -2.13. The van der Waals surface area contributed by atoms with Gasteiger partial charge in [-0.25, -0.2) is 9.50 Å². The Morgan fingerprint density at radius 3 is 2.85 bits per heavy atom. The van der Waals surface area contributed by atoms with Crippen LogP contribution in [0.5, 0.6) is 0 Å². The van der Waals surface area contributed by atoms with Gasteiger partial charge in [-0.1, -0.05) is 23.4 Å². The van der Waals surface area contributed by atoms with Crippen LogP contribution in [0.3, 0.4) is 0 Å². The second-order valence-corrected chi connectivity index (χ2v) is 6.59. The lowest BCUT2D eigenvalue weighted by atomic mass is 10.1. The monoisotopic (exact) mass is 412 g/mol. The Morgan fingerprint density at radius 1 is 1.22 bits per heavy atom. The minimum absolute atomic E-state index is 0.0310. The maximum Gasteiger partial charge on any atom is 0.418 e. The number of halogens is 4. The Labute approximate surface area is 158 Å². The van der Waals surface area contributed by atoms with Crippen molar-refractivity contribution in [1.29, 1.82) is 0 Å². The van der Waals surface area contributed by atoms with Crippen molar-refractivity contribution >= 4 is 29.1 Å². The molecule has 4 aromatic rings. The number of aromatic nitrogens is 8. The van der Waals surface area contributed by atoms with Gasteiger partial charge in [0.25, 0.3) is 5.78 Å². The van der Waals surface area contributed by atoms with Crippen LogP contribution in [0.1, 0.15) is 11.4 Å². The van der Waals surface area contributed by atoms with E-state index < -0.39 is 11.7 Å². The highest BCUT2D eigenvalue weighted by atomic mass is 35.5. The molecule has 27 heavy (non-hydrogen) atoms. The summed E-state index contributed by atoms with van der Waals surface area (Å²) in [6.07, 6.45) is -1.34. The highest BCUT2D eigenvalue weighted by Gasteiger charge is 2.35. The van der Waals surface area contributed by atoms with E-state index >= 15 is 0 Å². The molecule has 0 atom stereocenters. The molecule has 1 aromatic carbocycles. The van der Waals surface area contributed by atoms with Crippen molar-refractivity contribution in [3.05, 3.63) is 53.1 Å². The highest BCUT2D eigenvalue weighted by molar-refractivity contribution is 7.98. The summed E-state index contributed by atoms with van der Waals surface area (Å²) in [5.74, 6) is 0.778. The zero-order valence-corrected chi connectivity index (χ0v) is 14.7. The second kappa shape index (κ2) is 6.78. The molecule has 13 heteroatoms. The topological polar surface area (TPSA) is 86.7 Å². The van der Waals surface area contributed by atoms with Crippen LogP contribution in [0.2, 0.25) is 5.02 Å². The first-order valence-corrected chi connectivity index (χ1v) is 8.73. The summed E-state index contributed by atoms with van der Waals surface area (Å²) in [7, 11) is 0. The summed E-state index contributed by atoms with van der Waals surface area (Å²) in [4.78, 5) is 8.26. The van der Waals surface area contributed by atoms with Crippen molar-refractivity contribution in [2.24, 2.45) is 0 Å². The van der Waals surface area contributed by atoms with Gasteiger partial charge in [-0.3, -0.25) is 0 Å². The third-order valence-corrected chi connectivity index (χ3v) is 4.52. The quantitative estimate of drug-likeness (QED) is 0.476. The van der Waals surface area contributed by atoms with Gasteiger partial charge in [-0.15, -0.1) is 10.2 Å². The number of thioether (sulfide) groups is 1. The van der Waals surface area contributed by atoms with Crippen LogP contribution in [-0.4, -0.2) is 39.8 Å². The number of fused-ring (bicyclic) bond motifs is 1. The molecule has 8 nitrogen and oxygen atoms in total. The molecule has 0 aliphatic heterocycles. The zero-order chi connectivity index (χ0) is 19.0. The average molecular weight is 413 g/mol. The van der Waals surface area contributed by atoms with Gasteiger partial charge in [-0.05, 0) is 34.7 Å². The molecule has 3 aromatic heterocycles. The molecule has 0 unspecified atom stereocenters. The molecule has 0 saturated heterocycles. The van der Waals surface area contributed by atoms with Gasteiger partial charge in [0.05, 0.1) is 17.0 Å². The van der Waals surface area contributed by atoms with E-state index in [1.54, 1.807) is 18.5 Å². The van der Waals surface area contributed by atoms with Crippen molar-refractivity contribution in [2.75, 3.05) is 0 Å². The highest BCUT2D eigenvalue weighted by Crippen LogP contribution is 2.35. The van der Waals surface area contributed by atoms with Crippen LogP contribution in [0.4, 0.5) is 13.2 Å². The van der Waals surface area contributed by atoms with Crippen LogP contribution in [0.25, 0.3) is 11.5 Å². The molecular weight excluding hydrogens is 405 g/mol. The SMILES string of the molecule is FC(F)(F)c1cc(Cl)ccc1-n1nnnc1CSc1nc2ncccn2n1. The number of hydrogen-bond acceptors (Lipinski definition) is 7. The molecular formula is C14H8ClF3N8S. The third kappa shape index (κ3) is 3.57. The summed E-state index contributed by atoms with van der Waals surface area (Å²) in [6.45, 7) is 0.